The largest absolute Gasteiger partial charge is 1.00 e. The van der Waals surface area contributed by atoms with E-state index in [4.69, 9.17) is 9.98 Å². The van der Waals surface area contributed by atoms with Crippen LogP contribution >= 0.6 is 19.0 Å². The third kappa shape index (κ3) is 4.95. The maximum absolute atomic E-state index is 5.16. The summed E-state index contributed by atoms with van der Waals surface area (Å²) in [6.45, 7) is 2.05. The Morgan fingerprint density at radius 1 is 0.647 bits per heavy atom. The van der Waals surface area contributed by atoms with Crippen molar-refractivity contribution in [3.63, 3.8) is 0 Å². The number of thioether (sulfide) groups is 1. The van der Waals surface area contributed by atoms with Gasteiger partial charge in [0, 0.05) is 11.1 Å². The second-order valence-corrected chi connectivity index (χ2v) is 13.0. The molecular weight excluding hydrogens is 519 g/mol. The summed E-state index contributed by atoms with van der Waals surface area (Å²) >= 11 is 1.76. The quantitative estimate of drug-likeness (QED) is 0.328. The first-order valence-corrected chi connectivity index (χ1v) is 13.9. The molecule has 4 aromatic rings. The van der Waals surface area contributed by atoms with Crippen molar-refractivity contribution < 1.29 is 17.0 Å². The van der Waals surface area contributed by atoms with Crippen molar-refractivity contribution in [3.05, 3.63) is 121 Å². The molecule has 2 nitrogen and oxygen atoms in total. The van der Waals surface area contributed by atoms with E-state index in [1.807, 2.05) is 13.1 Å². The minimum atomic E-state index is -2.07. The maximum Gasteiger partial charge on any atom is 0.236 e. The molecule has 5 rings (SSSR count). The topological polar surface area (TPSA) is 24.7 Å². The Labute approximate surface area is 217 Å². The number of benzene rings is 4. The molecule has 1 unspecified atom stereocenters. The van der Waals surface area contributed by atoms with Gasteiger partial charge in [-0.05, 0) is 55.5 Å². The zero-order valence-electron chi connectivity index (χ0n) is 19.0. The first-order chi connectivity index (χ1) is 16.2. The van der Waals surface area contributed by atoms with E-state index in [0.29, 0.717) is 0 Å². The Kier molecular flexibility index (Phi) is 7.83. The van der Waals surface area contributed by atoms with Crippen LogP contribution in [0.3, 0.4) is 0 Å². The van der Waals surface area contributed by atoms with Gasteiger partial charge in [0.15, 0.2) is 0 Å². The van der Waals surface area contributed by atoms with Crippen molar-refractivity contribution >= 4 is 46.9 Å². The lowest BCUT2D eigenvalue weighted by Gasteiger charge is -2.33. The third-order valence-corrected chi connectivity index (χ3v) is 11.7. The van der Waals surface area contributed by atoms with E-state index in [9.17, 15) is 0 Å². The van der Waals surface area contributed by atoms with Gasteiger partial charge in [0.1, 0.15) is 29.3 Å². The minimum absolute atomic E-state index is 0. The van der Waals surface area contributed by atoms with E-state index in [2.05, 4.69) is 121 Å². The Morgan fingerprint density at radius 2 is 1.06 bits per heavy atom. The normalized spacial score (nSPS) is 17.1. The van der Waals surface area contributed by atoms with Crippen LogP contribution in [-0.4, -0.2) is 23.1 Å². The molecule has 0 fully saturated rings. The molecule has 0 spiro atoms. The summed E-state index contributed by atoms with van der Waals surface area (Å²) in [5, 5.41) is 4.06. The number of rotatable bonds is 7. The van der Waals surface area contributed by atoms with Crippen LogP contribution in [-0.2, 0) is 0 Å². The fourth-order valence-corrected chi connectivity index (χ4v) is 10.5. The van der Waals surface area contributed by atoms with E-state index in [1.165, 1.54) is 20.8 Å². The first kappa shape index (κ1) is 24.6. The van der Waals surface area contributed by atoms with Crippen LogP contribution in [0.1, 0.15) is 6.92 Å². The molecule has 1 aliphatic heterocycles. The lowest BCUT2D eigenvalue weighted by Crippen LogP contribution is -3.00. The molecule has 1 heterocycles. The highest BCUT2D eigenvalue weighted by molar-refractivity contribution is 8.02. The summed E-state index contributed by atoms with van der Waals surface area (Å²) < 4.78 is 0. The lowest BCUT2D eigenvalue weighted by molar-refractivity contribution is -0.00000656. The van der Waals surface area contributed by atoms with Gasteiger partial charge in [-0.1, -0.05) is 84.6 Å². The average molecular weight is 545 g/mol. The predicted octanol–water partition coefficient (Wildman–Crippen LogP) is 2.98. The summed E-state index contributed by atoms with van der Waals surface area (Å²) in [5.74, 6) is 0. The van der Waals surface area contributed by atoms with Gasteiger partial charge in [-0.25, -0.2) is 9.98 Å². The highest BCUT2D eigenvalue weighted by Crippen LogP contribution is 2.60. The highest BCUT2D eigenvalue weighted by atomic mass is 79.9. The zero-order valence-corrected chi connectivity index (χ0v) is 22.3. The van der Waals surface area contributed by atoms with Crippen LogP contribution in [0.2, 0.25) is 0 Å². The van der Waals surface area contributed by atoms with E-state index >= 15 is 0 Å². The summed E-state index contributed by atoms with van der Waals surface area (Å²) in [7, 11) is -2.07. The Bertz CT molecular complexity index is 1170. The second kappa shape index (κ2) is 10.8. The monoisotopic (exact) mass is 544 g/mol. The smallest absolute Gasteiger partial charge is 0.236 e. The summed E-state index contributed by atoms with van der Waals surface area (Å²) in [6.07, 6.45) is 2.75. The standard InChI is InChI=1S/C29H26N2PS.BrH/c1-24-22-30-29(31-24,33-28-20-12-5-13-21-28)23-32(25-14-6-2-7-15-25,26-16-8-3-9-17-26)27-18-10-4-11-19-27;/h2-22H,23H2,1H3;1H/q+1;/p-1. The van der Waals surface area contributed by atoms with Gasteiger partial charge in [0.25, 0.3) is 0 Å². The Hall–Kier alpha value is -2.52. The molecule has 5 heteroatoms. The molecule has 1 aliphatic rings. The molecule has 34 heavy (non-hydrogen) atoms. The van der Waals surface area contributed by atoms with Crippen LogP contribution in [0.25, 0.3) is 0 Å². The highest BCUT2D eigenvalue weighted by Gasteiger charge is 2.53. The van der Waals surface area contributed by atoms with Gasteiger partial charge >= 0.3 is 0 Å². The van der Waals surface area contributed by atoms with Gasteiger partial charge in [-0.15, -0.1) is 0 Å². The van der Waals surface area contributed by atoms with Crippen LogP contribution in [0.15, 0.2) is 136 Å². The predicted molar refractivity (Wildman–Crippen MR) is 147 cm³/mol. The second-order valence-electron chi connectivity index (χ2n) is 8.14. The molecule has 0 saturated carbocycles. The summed E-state index contributed by atoms with van der Waals surface area (Å²) in [5.41, 5.74) is 0.978. The maximum atomic E-state index is 5.16. The van der Waals surface area contributed by atoms with Gasteiger partial charge in [0.2, 0.25) is 4.99 Å². The number of halogens is 1. The average Bonchev–Trinajstić information content (AvgIpc) is 3.24. The molecular formula is C29H26BrN2PS. The molecule has 0 radical (unpaired) electrons. The molecule has 1 atom stereocenters. The van der Waals surface area contributed by atoms with E-state index in [1.54, 1.807) is 11.8 Å². The van der Waals surface area contributed by atoms with Crippen LogP contribution < -0.4 is 32.9 Å². The van der Waals surface area contributed by atoms with Crippen LogP contribution in [0, 0.1) is 0 Å². The van der Waals surface area contributed by atoms with Crippen LogP contribution in [0.5, 0.6) is 0 Å². The van der Waals surface area contributed by atoms with E-state index in [-0.39, 0.29) is 17.0 Å². The van der Waals surface area contributed by atoms with E-state index < -0.39 is 12.3 Å². The van der Waals surface area contributed by atoms with Gasteiger partial charge < -0.3 is 17.0 Å². The van der Waals surface area contributed by atoms with Crippen molar-refractivity contribution in [2.45, 2.75) is 16.8 Å². The fraction of sp³-hybridized carbons (Fsp3) is 0.103. The minimum Gasteiger partial charge on any atom is -1.00 e. The zero-order chi connectivity index (χ0) is 22.6. The Balaban J connectivity index is 0.00000274. The fourth-order valence-electron chi connectivity index (χ4n) is 4.44. The SMILES string of the molecule is CC1=NC(C[P+](c2ccccc2)(c2ccccc2)c2ccccc2)(Sc2ccccc2)N=C1.[Br-]. The third-order valence-electron chi connectivity index (χ3n) is 5.86. The van der Waals surface area contributed by atoms with E-state index in [0.717, 1.165) is 11.9 Å². The molecule has 0 amide bonds. The molecule has 0 saturated heterocycles. The number of hydrogen-bond donors (Lipinski definition) is 0. The summed E-state index contributed by atoms with van der Waals surface area (Å²) in [4.78, 5) is 10.8. The van der Waals surface area contributed by atoms with Crippen molar-refractivity contribution in [2.75, 3.05) is 6.16 Å². The van der Waals surface area contributed by atoms with Crippen LogP contribution in [0.4, 0.5) is 0 Å². The first-order valence-electron chi connectivity index (χ1n) is 11.1. The molecule has 0 aliphatic carbocycles. The lowest BCUT2D eigenvalue weighted by atomic mass is 10.4. The Morgan fingerprint density at radius 3 is 1.44 bits per heavy atom. The molecule has 0 aromatic heterocycles. The van der Waals surface area contributed by atoms with Crippen molar-refractivity contribution in [1.29, 1.82) is 0 Å². The number of hydrogen-bond acceptors (Lipinski definition) is 3. The van der Waals surface area contributed by atoms with Gasteiger partial charge in [-0.3, -0.25) is 0 Å². The van der Waals surface area contributed by atoms with Crippen molar-refractivity contribution in [3.8, 4) is 0 Å². The molecule has 4 aromatic carbocycles. The number of nitrogens with zero attached hydrogens (tertiary/aromatic N) is 2. The molecule has 170 valence electrons. The molecule has 0 bridgehead atoms. The van der Waals surface area contributed by atoms with Crippen molar-refractivity contribution in [1.82, 2.24) is 0 Å². The molecule has 0 N–H and O–H groups in total. The van der Waals surface area contributed by atoms with Crippen molar-refractivity contribution in [2.24, 2.45) is 9.98 Å². The summed E-state index contributed by atoms with van der Waals surface area (Å²) in [6, 6.07) is 43.4. The van der Waals surface area contributed by atoms with Gasteiger partial charge in [0.05, 0.1) is 5.71 Å². The number of aliphatic imine (C=N–C) groups is 2. The van der Waals surface area contributed by atoms with Gasteiger partial charge in [-0.2, -0.15) is 0 Å².